The van der Waals surface area contributed by atoms with E-state index in [9.17, 15) is 27.6 Å². The van der Waals surface area contributed by atoms with Crippen molar-refractivity contribution in [3.8, 4) is 0 Å². The molecule has 202 valence electrons. The van der Waals surface area contributed by atoms with Crippen LogP contribution in [0.4, 0.5) is 18.9 Å². The first-order chi connectivity index (χ1) is 19.7. The number of halogens is 3. The zero-order valence-electron chi connectivity index (χ0n) is 21.5. The molecule has 0 N–H and O–H groups in total. The van der Waals surface area contributed by atoms with Crippen LogP contribution in [0.25, 0.3) is 6.08 Å². The highest BCUT2D eigenvalue weighted by atomic mass is 19.4. The molecular weight excluding hydrogens is 527 g/mol. The minimum Gasteiger partial charge on any atom is -0.352 e. The minimum absolute atomic E-state index is 0.259. The highest BCUT2D eigenvalue weighted by Gasteiger charge is 2.71. The fraction of sp³-hybridized carbons (Fsp3) is 0.147. The molecule has 41 heavy (non-hydrogen) atoms. The Morgan fingerprint density at radius 3 is 1.95 bits per heavy atom. The molecule has 4 aromatic rings. The lowest BCUT2D eigenvalue weighted by atomic mass is 9.64. The zero-order valence-corrected chi connectivity index (χ0v) is 21.5. The number of alkyl halides is 3. The van der Waals surface area contributed by atoms with E-state index in [2.05, 4.69) is 0 Å². The summed E-state index contributed by atoms with van der Waals surface area (Å²) in [5, 5.41) is 0. The van der Waals surface area contributed by atoms with Gasteiger partial charge < -0.3 is 4.90 Å². The van der Waals surface area contributed by atoms with Crippen LogP contribution >= 0.6 is 0 Å². The summed E-state index contributed by atoms with van der Waals surface area (Å²) in [6, 6.07) is 25.2. The number of ketones is 3. The third kappa shape index (κ3) is 3.44. The molecule has 2 heterocycles. The van der Waals surface area contributed by atoms with Gasteiger partial charge in [0.1, 0.15) is 11.5 Å². The Balaban J connectivity index is 1.53. The number of hydrogen-bond acceptors (Lipinski definition) is 4. The summed E-state index contributed by atoms with van der Waals surface area (Å²) in [5.41, 5.74) is 0.101. The molecule has 7 heteroatoms. The summed E-state index contributed by atoms with van der Waals surface area (Å²) in [6.07, 6.45) is -0.931. The molecule has 3 unspecified atom stereocenters. The Bertz CT molecular complexity index is 1720. The Morgan fingerprint density at radius 1 is 0.732 bits per heavy atom. The van der Waals surface area contributed by atoms with Gasteiger partial charge in [-0.25, -0.2) is 0 Å². The molecule has 1 spiro atoms. The van der Waals surface area contributed by atoms with Crippen LogP contribution in [-0.4, -0.2) is 29.4 Å². The average Bonchev–Trinajstić information content (AvgIpc) is 3.43. The number of Topliss-reactive ketones (excluding diaryl/α,β-unsaturated/α-hetero) is 3. The van der Waals surface area contributed by atoms with Crippen molar-refractivity contribution in [3.05, 3.63) is 143 Å². The number of carbonyl (C=O) groups excluding carboxylic acids is 3. The van der Waals surface area contributed by atoms with Gasteiger partial charge in [-0.15, -0.1) is 0 Å². The van der Waals surface area contributed by atoms with E-state index in [1.165, 1.54) is 12.1 Å². The number of carbonyl (C=O) groups is 3. The summed E-state index contributed by atoms with van der Waals surface area (Å²) >= 11 is 0. The second-order valence-electron chi connectivity index (χ2n) is 10.6. The quantitative estimate of drug-likeness (QED) is 0.204. The smallest absolute Gasteiger partial charge is 0.352 e. The third-order valence-corrected chi connectivity index (χ3v) is 8.64. The zero-order chi connectivity index (χ0) is 28.5. The van der Waals surface area contributed by atoms with Crippen molar-refractivity contribution < 1.29 is 27.6 Å². The lowest BCUT2D eigenvalue weighted by molar-refractivity contribution is -0.137. The molecular formula is C34H22F3NO3. The molecule has 4 nitrogen and oxygen atoms in total. The first kappa shape index (κ1) is 25.2. The second-order valence-corrected chi connectivity index (χ2v) is 10.6. The van der Waals surface area contributed by atoms with Crippen molar-refractivity contribution in [1.29, 1.82) is 0 Å². The second kappa shape index (κ2) is 8.86. The predicted molar refractivity (Wildman–Crippen MR) is 148 cm³/mol. The summed E-state index contributed by atoms with van der Waals surface area (Å²) in [7, 11) is 0. The first-order valence-corrected chi connectivity index (χ1v) is 13.2. The van der Waals surface area contributed by atoms with Gasteiger partial charge in [0.2, 0.25) is 0 Å². The van der Waals surface area contributed by atoms with Gasteiger partial charge in [0.15, 0.2) is 17.3 Å². The highest BCUT2D eigenvalue weighted by Crippen LogP contribution is 2.61. The minimum atomic E-state index is -4.57. The topological polar surface area (TPSA) is 54.5 Å². The summed E-state index contributed by atoms with van der Waals surface area (Å²) < 4.78 is 40.6. The van der Waals surface area contributed by atoms with E-state index in [0.29, 0.717) is 16.8 Å². The van der Waals surface area contributed by atoms with Crippen molar-refractivity contribution in [2.24, 2.45) is 5.41 Å². The largest absolute Gasteiger partial charge is 0.416 e. The maximum Gasteiger partial charge on any atom is 0.416 e. The van der Waals surface area contributed by atoms with Crippen LogP contribution in [0, 0.1) is 5.41 Å². The van der Waals surface area contributed by atoms with Gasteiger partial charge >= 0.3 is 6.18 Å². The molecule has 0 saturated carbocycles. The van der Waals surface area contributed by atoms with Crippen LogP contribution in [0.15, 0.2) is 109 Å². The molecule has 0 radical (unpaired) electrons. The molecule has 0 aromatic heterocycles. The monoisotopic (exact) mass is 549 g/mol. The van der Waals surface area contributed by atoms with Gasteiger partial charge in [-0.3, -0.25) is 14.4 Å². The van der Waals surface area contributed by atoms with Crippen molar-refractivity contribution >= 4 is 29.1 Å². The number of fused-ring (bicyclic) bond motifs is 5. The van der Waals surface area contributed by atoms with Gasteiger partial charge in [-0.1, -0.05) is 97.1 Å². The van der Waals surface area contributed by atoms with Gasteiger partial charge in [0.05, 0.1) is 11.6 Å². The Hall–Kier alpha value is -4.78. The van der Waals surface area contributed by atoms with Crippen LogP contribution < -0.4 is 4.90 Å². The third-order valence-electron chi connectivity index (χ3n) is 8.64. The van der Waals surface area contributed by atoms with E-state index in [0.717, 1.165) is 17.7 Å². The van der Waals surface area contributed by atoms with Gasteiger partial charge in [0.25, 0.3) is 0 Å². The van der Waals surface area contributed by atoms with Crippen LogP contribution in [-0.2, 0) is 6.18 Å². The molecule has 3 atom stereocenters. The highest BCUT2D eigenvalue weighted by molar-refractivity contribution is 6.32. The Labute approximate surface area is 233 Å². The normalized spacial score (nSPS) is 22.0. The lowest BCUT2D eigenvalue weighted by Crippen LogP contribution is -2.48. The molecule has 3 aliphatic rings. The molecule has 2 aliphatic heterocycles. The maximum atomic E-state index is 14.5. The van der Waals surface area contributed by atoms with E-state index in [1.54, 1.807) is 60.7 Å². The average molecular weight is 550 g/mol. The van der Waals surface area contributed by atoms with Crippen LogP contribution in [0.3, 0.4) is 0 Å². The van der Waals surface area contributed by atoms with Crippen molar-refractivity contribution in [1.82, 2.24) is 0 Å². The Morgan fingerprint density at radius 2 is 1.32 bits per heavy atom. The van der Waals surface area contributed by atoms with Gasteiger partial charge in [-0.05, 0) is 29.3 Å². The number of benzene rings is 4. The molecule has 1 fully saturated rings. The van der Waals surface area contributed by atoms with Gasteiger partial charge in [-0.2, -0.15) is 13.2 Å². The summed E-state index contributed by atoms with van der Waals surface area (Å²) in [4.78, 5) is 45.4. The van der Waals surface area contributed by atoms with Crippen LogP contribution in [0.2, 0.25) is 0 Å². The van der Waals surface area contributed by atoms with E-state index < -0.39 is 46.7 Å². The lowest BCUT2D eigenvalue weighted by Gasteiger charge is -2.37. The Kier molecular flexibility index (Phi) is 5.45. The van der Waals surface area contributed by atoms with Crippen molar-refractivity contribution in [3.63, 3.8) is 0 Å². The summed E-state index contributed by atoms with van der Waals surface area (Å²) in [6.45, 7) is 0. The first-order valence-electron chi connectivity index (χ1n) is 13.2. The molecule has 1 aliphatic carbocycles. The maximum absolute atomic E-state index is 14.5. The number of para-hydroxylation sites is 1. The molecule has 0 amide bonds. The number of nitrogens with zero attached hydrogens (tertiary/aromatic N) is 1. The molecule has 1 saturated heterocycles. The fourth-order valence-corrected chi connectivity index (χ4v) is 6.94. The van der Waals surface area contributed by atoms with Crippen LogP contribution in [0.5, 0.6) is 0 Å². The molecule has 0 bridgehead atoms. The van der Waals surface area contributed by atoms with Crippen molar-refractivity contribution in [2.45, 2.75) is 24.2 Å². The van der Waals surface area contributed by atoms with Crippen LogP contribution in [0.1, 0.15) is 53.7 Å². The number of anilines is 1. The standard InChI is InChI=1S/C34H22F3NO3/c35-34(36,37)23-17-14-21(15-18-23)28-29(30(39)22-9-2-1-3-10-22)38-26-13-7-4-8-20(26)16-19-27(38)33(28)31(40)24-11-5-6-12-25(24)32(33)41/h1-19,27-29H. The molecule has 7 rings (SSSR count). The fourth-order valence-electron chi connectivity index (χ4n) is 6.94. The van der Waals surface area contributed by atoms with E-state index in [4.69, 9.17) is 0 Å². The predicted octanol–water partition coefficient (Wildman–Crippen LogP) is 7.02. The van der Waals surface area contributed by atoms with E-state index >= 15 is 0 Å². The molecule has 4 aromatic carbocycles. The van der Waals surface area contributed by atoms with Gasteiger partial charge in [0, 0.05) is 28.3 Å². The van der Waals surface area contributed by atoms with Crippen molar-refractivity contribution in [2.75, 3.05) is 4.90 Å². The van der Waals surface area contributed by atoms with E-state index in [1.807, 2.05) is 35.2 Å². The SMILES string of the molecule is O=C(c1ccccc1)C1C(c2ccc(C(F)(F)F)cc2)C2(C(=O)c3ccccc3C2=O)C2C=Cc3ccccc3N12. The number of rotatable bonds is 3. The number of hydrogen-bond donors (Lipinski definition) is 0. The summed E-state index contributed by atoms with van der Waals surface area (Å²) in [5.74, 6) is -2.24. The van der Waals surface area contributed by atoms with E-state index in [-0.39, 0.29) is 16.9 Å².